The molecule has 0 radical (unpaired) electrons. The number of carbonyl (C=O) groups excluding carboxylic acids is 2. The summed E-state index contributed by atoms with van der Waals surface area (Å²) in [5.74, 6) is 0.00661. The van der Waals surface area contributed by atoms with Crippen LogP contribution >= 0.6 is 15.9 Å². The number of piperidine rings is 1. The summed E-state index contributed by atoms with van der Waals surface area (Å²) < 4.78 is 1.000. The van der Waals surface area contributed by atoms with E-state index >= 15 is 0 Å². The van der Waals surface area contributed by atoms with Gasteiger partial charge in [-0.25, -0.2) is 0 Å². The Morgan fingerprint density at radius 2 is 1.57 bits per heavy atom. The number of rotatable bonds is 2. The predicted octanol–water partition coefficient (Wildman–Crippen LogP) is 4.22. The lowest BCUT2D eigenvalue weighted by Crippen LogP contribution is -2.48. The molecule has 1 spiro atoms. The minimum atomic E-state index is -0.183. The Kier molecular flexibility index (Phi) is 3.91. The van der Waals surface area contributed by atoms with E-state index in [2.05, 4.69) is 15.9 Å². The maximum atomic E-state index is 12.5. The highest BCUT2D eigenvalue weighted by molar-refractivity contribution is 9.10. The van der Waals surface area contributed by atoms with Gasteiger partial charge in [-0.2, -0.15) is 0 Å². The average Bonchev–Trinajstić information content (AvgIpc) is 2.86. The molecular formula is C17H20BrNO2. The van der Waals surface area contributed by atoms with Gasteiger partial charge in [0.1, 0.15) is 0 Å². The number of hydrogen-bond acceptors (Lipinski definition) is 2. The first kappa shape index (κ1) is 14.8. The minimum Gasteiger partial charge on any atom is -0.275 e. The van der Waals surface area contributed by atoms with Gasteiger partial charge in [-0.05, 0) is 42.9 Å². The van der Waals surface area contributed by atoms with Crippen LogP contribution in [0.2, 0.25) is 0 Å². The van der Waals surface area contributed by atoms with Gasteiger partial charge in [0, 0.05) is 17.3 Å². The molecule has 1 saturated carbocycles. The van der Waals surface area contributed by atoms with Crippen LogP contribution < -0.4 is 0 Å². The zero-order valence-electron chi connectivity index (χ0n) is 12.3. The van der Waals surface area contributed by atoms with Crippen LogP contribution in [0.5, 0.6) is 0 Å². The van der Waals surface area contributed by atoms with Crippen molar-refractivity contribution in [2.75, 3.05) is 0 Å². The van der Waals surface area contributed by atoms with Crippen LogP contribution in [0.15, 0.2) is 28.7 Å². The largest absolute Gasteiger partial charge is 0.275 e. The van der Waals surface area contributed by atoms with E-state index in [0.717, 1.165) is 35.7 Å². The van der Waals surface area contributed by atoms with E-state index in [1.807, 2.05) is 31.2 Å². The predicted molar refractivity (Wildman–Crippen MR) is 84.5 cm³/mol. The number of likely N-dealkylation sites (tertiary alicyclic amines) is 1. The van der Waals surface area contributed by atoms with Crippen LogP contribution in [0.4, 0.5) is 0 Å². The van der Waals surface area contributed by atoms with Gasteiger partial charge >= 0.3 is 0 Å². The maximum absolute atomic E-state index is 12.5. The van der Waals surface area contributed by atoms with E-state index in [1.54, 1.807) is 0 Å². The Bertz CT molecular complexity index is 541. The van der Waals surface area contributed by atoms with Crippen LogP contribution in [-0.4, -0.2) is 16.7 Å². The second kappa shape index (κ2) is 5.56. The van der Waals surface area contributed by atoms with Crippen molar-refractivity contribution in [2.45, 2.75) is 51.5 Å². The maximum Gasteiger partial charge on any atom is 0.230 e. The molecule has 2 aliphatic rings. The molecule has 1 heterocycles. The van der Waals surface area contributed by atoms with Gasteiger partial charge < -0.3 is 0 Å². The molecule has 0 aromatic heterocycles. The summed E-state index contributed by atoms with van der Waals surface area (Å²) in [5.41, 5.74) is 0.978. The molecule has 21 heavy (non-hydrogen) atoms. The van der Waals surface area contributed by atoms with Crippen molar-refractivity contribution in [3.05, 3.63) is 34.3 Å². The van der Waals surface area contributed by atoms with Crippen molar-refractivity contribution in [1.82, 2.24) is 4.90 Å². The number of carbonyl (C=O) groups is 2. The van der Waals surface area contributed by atoms with Gasteiger partial charge in [-0.15, -0.1) is 0 Å². The fourth-order valence-corrected chi connectivity index (χ4v) is 4.08. The fraction of sp³-hybridized carbons (Fsp3) is 0.529. The lowest BCUT2D eigenvalue weighted by atomic mass is 9.76. The molecule has 0 bridgehead atoms. The molecule has 3 nitrogen and oxygen atoms in total. The lowest BCUT2D eigenvalue weighted by molar-refractivity contribution is -0.156. The van der Waals surface area contributed by atoms with Crippen molar-refractivity contribution in [1.29, 1.82) is 0 Å². The van der Waals surface area contributed by atoms with Gasteiger partial charge in [0.2, 0.25) is 11.8 Å². The molecule has 0 N–H and O–H groups in total. The summed E-state index contributed by atoms with van der Waals surface area (Å²) >= 11 is 3.41. The van der Waals surface area contributed by atoms with E-state index in [9.17, 15) is 9.59 Å². The van der Waals surface area contributed by atoms with Crippen molar-refractivity contribution >= 4 is 27.7 Å². The van der Waals surface area contributed by atoms with Crippen LogP contribution in [0.1, 0.15) is 57.1 Å². The molecule has 112 valence electrons. The molecule has 2 fully saturated rings. The Balaban J connectivity index is 1.81. The highest BCUT2D eigenvalue weighted by Crippen LogP contribution is 2.48. The summed E-state index contributed by atoms with van der Waals surface area (Å²) in [6.45, 7) is 1.94. The lowest BCUT2D eigenvalue weighted by Gasteiger charge is -2.39. The monoisotopic (exact) mass is 349 g/mol. The van der Waals surface area contributed by atoms with Gasteiger partial charge in [-0.3, -0.25) is 14.5 Å². The summed E-state index contributed by atoms with van der Waals surface area (Å²) in [5, 5.41) is 0. The molecule has 1 atom stereocenters. The average molecular weight is 350 g/mol. The quantitative estimate of drug-likeness (QED) is 0.749. The number of imide groups is 1. The van der Waals surface area contributed by atoms with E-state index < -0.39 is 0 Å². The number of amides is 2. The standard InChI is InChI=1S/C17H20BrNO2/c1-12(13-4-6-14(18)7-5-13)19-15(20)10-17(11-16(19)21)8-2-3-9-17/h4-7,12H,2-3,8-11H2,1H3. The van der Waals surface area contributed by atoms with Gasteiger partial charge in [0.15, 0.2) is 0 Å². The van der Waals surface area contributed by atoms with Crippen LogP contribution in [-0.2, 0) is 9.59 Å². The van der Waals surface area contributed by atoms with Crippen LogP contribution in [0.3, 0.4) is 0 Å². The third kappa shape index (κ3) is 2.78. The Hall–Kier alpha value is -1.16. The van der Waals surface area contributed by atoms with Crippen molar-refractivity contribution in [3.8, 4) is 0 Å². The second-order valence-electron chi connectivity index (χ2n) is 6.45. The highest BCUT2D eigenvalue weighted by Gasteiger charge is 2.46. The summed E-state index contributed by atoms with van der Waals surface area (Å²) in [6, 6.07) is 7.65. The molecule has 2 amide bonds. The molecule has 1 saturated heterocycles. The second-order valence-corrected chi connectivity index (χ2v) is 7.36. The topological polar surface area (TPSA) is 37.4 Å². The SMILES string of the molecule is CC(c1ccc(Br)cc1)N1C(=O)CC2(CCCC2)CC1=O. The van der Waals surface area contributed by atoms with Crippen molar-refractivity contribution in [2.24, 2.45) is 5.41 Å². The molecule has 1 aromatic carbocycles. The molecule has 1 aliphatic heterocycles. The minimum absolute atomic E-state index is 0.00330. The first-order valence-corrected chi connectivity index (χ1v) is 8.40. The number of benzene rings is 1. The van der Waals surface area contributed by atoms with Crippen molar-refractivity contribution in [3.63, 3.8) is 0 Å². The summed E-state index contributed by atoms with van der Waals surface area (Å²) in [4.78, 5) is 26.6. The summed E-state index contributed by atoms with van der Waals surface area (Å²) in [7, 11) is 0. The number of halogens is 1. The van der Waals surface area contributed by atoms with Gasteiger partial charge in [-0.1, -0.05) is 40.9 Å². The fourth-order valence-electron chi connectivity index (χ4n) is 3.81. The molecule has 1 aliphatic carbocycles. The molecular weight excluding hydrogens is 330 g/mol. The number of hydrogen-bond donors (Lipinski definition) is 0. The molecule has 4 heteroatoms. The Morgan fingerprint density at radius 1 is 1.05 bits per heavy atom. The highest BCUT2D eigenvalue weighted by atomic mass is 79.9. The Labute approximate surface area is 133 Å². The van der Waals surface area contributed by atoms with Gasteiger partial charge in [0.05, 0.1) is 6.04 Å². The smallest absolute Gasteiger partial charge is 0.230 e. The normalized spacial score (nSPS) is 22.9. The van der Waals surface area contributed by atoms with E-state index in [-0.39, 0.29) is 23.3 Å². The molecule has 1 aromatic rings. The van der Waals surface area contributed by atoms with E-state index in [1.165, 1.54) is 4.90 Å². The van der Waals surface area contributed by atoms with E-state index in [0.29, 0.717) is 12.8 Å². The number of nitrogens with zero attached hydrogens (tertiary/aromatic N) is 1. The third-order valence-electron chi connectivity index (χ3n) is 4.99. The molecule has 3 rings (SSSR count). The summed E-state index contributed by atoms with van der Waals surface area (Å²) in [6.07, 6.45) is 5.46. The van der Waals surface area contributed by atoms with Crippen LogP contribution in [0, 0.1) is 5.41 Å². The first-order valence-electron chi connectivity index (χ1n) is 7.61. The van der Waals surface area contributed by atoms with Crippen LogP contribution in [0.25, 0.3) is 0 Å². The zero-order valence-corrected chi connectivity index (χ0v) is 13.9. The third-order valence-corrected chi connectivity index (χ3v) is 5.52. The van der Waals surface area contributed by atoms with Crippen molar-refractivity contribution < 1.29 is 9.59 Å². The first-order chi connectivity index (χ1) is 10.0. The zero-order chi connectivity index (χ0) is 15.0. The molecule has 1 unspecified atom stereocenters. The Morgan fingerprint density at radius 3 is 2.10 bits per heavy atom. The van der Waals surface area contributed by atoms with Gasteiger partial charge in [0.25, 0.3) is 0 Å². The van der Waals surface area contributed by atoms with E-state index in [4.69, 9.17) is 0 Å².